The molecule has 3 heteroatoms. The number of benzene rings is 1. The summed E-state index contributed by atoms with van der Waals surface area (Å²) in [6, 6.07) is 9.93. The summed E-state index contributed by atoms with van der Waals surface area (Å²) in [5.74, 6) is 0.344. The zero-order chi connectivity index (χ0) is 11.5. The first kappa shape index (κ1) is 11.1. The molecule has 0 saturated carbocycles. The molecule has 0 amide bonds. The summed E-state index contributed by atoms with van der Waals surface area (Å²) in [7, 11) is 0. The van der Waals surface area contributed by atoms with E-state index in [2.05, 4.69) is 19.2 Å². The summed E-state index contributed by atoms with van der Waals surface area (Å²) in [6.07, 6.45) is 0. The van der Waals surface area contributed by atoms with Gasteiger partial charge in [-0.3, -0.25) is 10.1 Å². The maximum absolute atomic E-state index is 11.6. The topological polar surface area (TPSA) is 48.2 Å². The van der Waals surface area contributed by atoms with E-state index in [9.17, 15) is 4.79 Å². The maximum Gasteiger partial charge on any atom is 0.325 e. The minimum Gasteiger partial charge on any atom is -0.460 e. The van der Waals surface area contributed by atoms with Crippen LogP contribution in [0, 0.1) is 5.92 Å². The minimum atomic E-state index is -0.137. The molecular formula is C13H17NO2. The van der Waals surface area contributed by atoms with Crippen molar-refractivity contribution in [2.75, 3.05) is 0 Å². The van der Waals surface area contributed by atoms with Crippen molar-refractivity contribution in [1.29, 1.82) is 0 Å². The van der Waals surface area contributed by atoms with Crippen LogP contribution in [0.4, 0.5) is 0 Å². The van der Waals surface area contributed by atoms with Gasteiger partial charge in [-0.1, -0.05) is 44.2 Å². The SMILES string of the molecule is CC(C)C1NC1C(=O)OCc1ccccc1. The third-order valence-electron chi connectivity index (χ3n) is 2.82. The molecular weight excluding hydrogens is 202 g/mol. The molecule has 1 aliphatic rings. The van der Waals surface area contributed by atoms with Crippen LogP contribution < -0.4 is 5.32 Å². The summed E-state index contributed by atoms with van der Waals surface area (Å²) in [6.45, 7) is 4.56. The van der Waals surface area contributed by atoms with Crippen LogP contribution in [0.15, 0.2) is 30.3 Å². The summed E-state index contributed by atoms with van der Waals surface area (Å²) < 4.78 is 5.23. The van der Waals surface area contributed by atoms with Gasteiger partial charge in [0.25, 0.3) is 0 Å². The highest BCUT2D eigenvalue weighted by molar-refractivity contribution is 5.80. The van der Waals surface area contributed by atoms with Gasteiger partial charge in [0.05, 0.1) is 0 Å². The van der Waals surface area contributed by atoms with Crippen molar-refractivity contribution in [1.82, 2.24) is 5.32 Å². The lowest BCUT2D eigenvalue weighted by molar-refractivity contribution is -0.144. The predicted molar refractivity (Wildman–Crippen MR) is 61.8 cm³/mol. The quantitative estimate of drug-likeness (QED) is 0.619. The second-order valence-electron chi connectivity index (χ2n) is 4.51. The number of esters is 1. The van der Waals surface area contributed by atoms with Gasteiger partial charge in [0.2, 0.25) is 0 Å². The number of ether oxygens (including phenoxy) is 1. The van der Waals surface area contributed by atoms with Gasteiger partial charge in [0.15, 0.2) is 0 Å². The van der Waals surface area contributed by atoms with E-state index in [1.54, 1.807) is 0 Å². The number of rotatable bonds is 4. The lowest BCUT2D eigenvalue weighted by atomic mass is 10.1. The van der Waals surface area contributed by atoms with Crippen LogP contribution in [-0.2, 0) is 16.1 Å². The molecule has 1 aliphatic heterocycles. The molecule has 2 rings (SSSR count). The van der Waals surface area contributed by atoms with E-state index in [1.807, 2.05) is 30.3 Å². The van der Waals surface area contributed by atoms with Crippen LogP contribution in [0.5, 0.6) is 0 Å². The number of carbonyl (C=O) groups is 1. The third kappa shape index (κ3) is 2.61. The molecule has 3 nitrogen and oxygen atoms in total. The molecule has 1 aromatic carbocycles. The van der Waals surface area contributed by atoms with Gasteiger partial charge in [0, 0.05) is 6.04 Å². The molecule has 1 saturated heterocycles. The molecule has 0 bridgehead atoms. The van der Waals surface area contributed by atoms with E-state index in [1.165, 1.54) is 0 Å². The van der Waals surface area contributed by atoms with Crippen molar-refractivity contribution < 1.29 is 9.53 Å². The summed E-state index contributed by atoms with van der Waals surface area (Å²) in [4.78, 5) is 11.6. The lowest BCUT2D eigenvalue weighted by Crippen LogP contribution is -2.16. The van der Waals surface area contributed by atoms with Gasteiger partial charge in [-0.15, -0.1) is 0 Å². The van der Waals surface area contributed by atoms with Gasteiger partial charge >= 0.3 is 5.97 Å². The molecule has 86 valence electrons. The predicted octanol–water partition coefficient (Wildman–Crippen LogP) is 1.73. The van der Waals surface area contributed by atoms with E-state index in [4.69, 9.17) is 4.74 Å². The fourth-order valence-electron chi connectivity index (χ4n) is 1.76. The zero-order valence-electron chi connectivity index (χ0n) is 9.64. The molecule has 1 N–H and O–H groups in total. The third-order valence-corrected chi connectivity index (χ3v) is 2.82. The summed E-state index contributed by atoms with van der Waals surface area (Å²) in [5.41, 5.74) is 1.03. The fourth-order valence-corrected chi connectivity index (χ4v) is 1.76. The van der Waals surface area contributed by atoms with Gasteiger partial charge in [-0.05, 0) is 11.5 Å². The number of carbonyl (C=O) groups excluding carboxylic acids is 1. The largest absolute Gasteiger partial charge is 0.460 e. The molecule has 0 aromatic heterocycles. The summed E-state index contributed by atoms with van der Waals surface area (Å²) >= 11 is 0. The van der Waals surface area contributed by atoms with Gasteiger partial charge in [0.1, 0.15) is 12.6 Å². The number of hydrogen-bond donors (Lipinski definition) is 1. The molecule has 1 fully saturated rings. The summed E-state index contributed by atoms with van der Waals surface area (Å²) in [5, 5.41) is 3.13. The Kier molecular flexibility index (Phi) is 3.25. The number of hydrogen-bond acceptors (Lipinski definition) is 3. The molecule has 2 unspecified atom stereocenters. The molecule has 1 heterocycles. The molecule has 2 atom stereocenters. The van der Waals surface area contributed by atoms with E-state index in [0.29, 0.717) is 18.6 Å². The van der Waals surface area contributed by atoms with Crippen molar-refractivity contribution in [3.05, 3.63) is 35.9 Å². The Bertz CT molecular complexity index is 361. The van der Waals surface area contributed by atoms with Crippen LogP contribution >= 0.6 is 0 Å². The zero-order valence-corrected chi connectivity index (χ0v) is 9.64. The Morgan fingerprint density at radius 2 is 2.06 bits per heavy atom. The Balaban J connectivity index is 1.78. The second kappa shape index (κ2) is 4.66. The molecule has 0 spiro atoms. The normalized spacial score (nSPS) is 23.2. The van der Waals surface area contributed by atoms with Crippen LogP contribution in [-0.4, -0.2) is 18.1 Å². The average molecular weight is 219 g/mol. The smallest absolute Gasteiger partial charge is 0.325 e. The van der Waals surface area contributed by atoms with E-state index < -0.39 is 0 Å². The lowest BCUT2D eigenvalue weighted by Gasteiger charge is -2.04. The second-order valence-corrected chi connectivity index (χ2v) is 4.51. The maximum atomic E-state index is 11.6. The first-order valence-corrected chi connectivity index (χ1v) is 5.65. The van der Waals surface area contributed by atoms with Crippen molar-refractivity contribution in [3.8, 4) is 0 Å². The van der Waals surface area contributed by atoms with Crippen molar-refractivity contribution in [2.45, 2.75) is 32.5 Å². The first-order valence-electron chi connectivity index (χ1n) is 5.65. The molecule has 0 radical (unpaired) electrons. The minimum absolute atomic E-state index is 0.0938. The van der Waals surface area contributed by atoms with Crippen molar-refractivity contribution >= 4 is 5.97 Å². The highest BCUT2D eigenvalue weighted by atomic mass is 16.5. The molecule has 16 heavy (non-hydrogen) atoms. The van der Waals surface area contributed by atoms with Gasteiger partial charge < -0.3 is 4.74 Å². The van der Waals surface area contributed by atoms with E-state index in [0.717, 1.165) is 5.56 Å². The monoisotopic (exact) mass is 219 g/mol. The Morgan fingerprint density at radius 3 is 2.62 bits per heavy atom. The van der Waals surface area contributed by atoms with E-state index in [-0.39, 0.29) is 12.0 Å². The van der Waals surface area contributed by atoms with Crippen molar-refractivity contribution in [3.63, 3.8) is 0 Å². The highest BCUT2D eigenvalue weighted by Gasteiger charge is 2.45. The first-order chi connectivity index (χ1) is 7.68. The van der Waals surface area contributed by atoms with Crippen LogP contribution in [0.1, 0.15) is 19.4 Å². The average Bonchev–Trinajstić information content (AvgIpc) is 3.07. The highest BCUT2D eigenvalue weighted by Crippen LogP contribution is 2.21. The Labute approximate surface area is 95.8 Å². The molecule has 0 aliphatic carbocycles. The van der Waals surface area contributed by atoms with Crippen LogP contribution in [0.25, 0.3) is 0 Å². The number of nitrogens with one attached hydrogen (secondary N) is 1. The van der Waals surface area contributed by atoms with Crippen LogP contribution in [0.3, 0.4) is 0 Å². The fraction of sp³-hybridized carbons (Fsp3) is 0.462. The van der Waals surface area contributed by atoms with Gasteiger partial charge in [-0.2, -0.15) is 0 Å². The van der Waals surface area contributed by atoms with Crippen molar-refractivity contribution in [2.24, 2.45) is 5.92 Å². The van der Waals surface area contributed by atoms with E-state index >= 15 is 0 Å². The Hall–Kier alpha value is -1.35. The van der Waals surface area contributed by atoms with Gasteiger partial charge in [-0.25, -0.2) is 0 Å². The molecule has 1 aromatic rings. The Morgan fingerprint density at radius 1 is 1.38 bits per heavy atom. The standard InChI is InChI=1S/C13H17NO2/c1-9(2)11-12(14-11)13(15)16-8-10-6-4-3-5-7-10/h3-7,9,11-12,14H,8H2,1-2H3. The van der Waals surface area contributed by atoms with Crippen LogP contribution in [0.2, 0.25) is 0 Å².